The van der Waals surface area contributed by atoms with E-state index in [0.29, 0.717) is 12.3 Å². The Morgan fingerprint density at radius 2 is 2.05 bits per heavy atom. The molecule has 4 nitrogen and oxygen atoms in total. The monoisotopic (exact) mass is 282 g/mol. The van der Waals surface area contributed by atoms with Gasteiger partial charge in [-0.15, -0.1) is 0 Å². The van der Waals surface area contributed by atoms with Gasteiger partial charge in [-0.05, 0) is 30.4 Å². The second-order valence-electron chi connectivity index (χ2n) is 6.13. The zero-order chi connectivity index (χ0) is 14.2. The van der Waals surface area contributed by atoms with Crippen molar-refractivity contribution in [3.05, 3.63) is 47.1 Å². The van der Waals surface area contributed by atoms with Gasteiger partial charge in [-0.3, -0.25) is 4.79 Å². The summed E-state index contributed by atoms with van der Waals surface area (Å²) in [6.07, 6.45) is 5.65. The van der Waals surface area contributed by atoms with Crippen molar-refractivity contribution < 1.29 is 9.32 Å². The van der Waals surface area contributed by atoms with Crippen LogP contribution in [-0.2, 0) is 17.6 Å². The fraction of sp³-hybridized carbons (Fsp3) is 0.471. The Kier molecular flexibility index (Phi) is 3.09. The fourth-order valence-electron chi connectivity index (χ4n) is 3.51. The smallest absolute Gasteiger partial charge is 0.234 e. The maximum Gasteiger partial charge on any atom is 0.234 e. The number of hydrogen-bond acceptors (Lipinski definition) is 4. The quantitative estimate of drug-likeness (QED) is 0.864. The van der Waals surface area contributed by atoms with Crippen LogP contribution >= 0.6 is 0 Å². The molecule has 0 N–H and O–H groups in total. The molecule has 1 atom stereocenters. The van der Waals surface area contributed by atoms with Crippen LogP contribution in [0.25, 0.3) is 0 Å². The SMILES string of the molecule is O=C(Cc1nc(C2Cc3ccccc32)no1)C1CCCC1. The number of rotatable bonds is 4. The Bertz CT molecular complexity index is 671. The molecule has 21 heavy (non-hydrogen) atoms. The van der Waals surface area contributed by atoms with Crippen LogP contribution in [-0.4, -0.2) is 15.9 Å². The lowest BCUT2D eigenvalue weighted by Crippen LogP contribution is -2.19. The normalized spacial score (nSPS) is 21.0. The number of carbonyl (C=O) groups excluding carboxylic acids is 1. The summed E-state index contributed by atoms with van der Waals surface area (Å²) < 4.78 is 5.28. The fourth-order valence-corrected chi connectivity index (χ4v) is 3.51. The molecule has 1 aromatic carbocycles. The second-order valence-corrected chi connectivity index (χ2v) is 6.13. The lowest BCUT2D eigenvalue weighted by atomic mass is 9.77. The average Bonchev–Trinajstić information content (AvgIpc) is 3.12. The zero-order valence-corrected chi connectivity index (χ0v) is 11.9. The van der Waals surface area contributed by atoms with Gasteiger partial charge in [0.25, 0.3) is 0 Å². The van der Waals surface area contributed by atoms with Crippen molar-refractivity contribution >= 4 is 5.78 Å². The molecule has 0 bridgehead atoms. The third kappa shape index (κ3) is 2.28. The van der Waals surface area contributed by atoms with Gasteiger partial charge in [-0.25, -0.2) is 0 Å². The summed E-state index contributed by atoms with van der Waals surface area (Å²) in [7, 11) is 0. The lowest BCUT2D eigenvalue weighted by molar-refractivity contribution is -0.122. The summed E-state index contributed by atoms with van der Waals surface area (Å²) in [5.74, 6) is 1.91. The minimum atomic E-state index is 0.213. The predicted molar refractivity (Wildman–Crippen MR) is 77.0 cm³/mol. The third-order valence-corrected chi connectivity index (χ3v) is 4.79. The number of aromatic nitrogens is 2. The van der Waals surface area contributed by atoms with E-state index in [2.05, 4.69) is 28.3 Å². The molecule has 0 amide bonds. The van der Waals surface area contributed by atoms with E-state index >= 15 is 0 Å². The van der Waals surface area contributed by atoms with Crippen molar-refractivity contribution in [3.8, 4) is 0 Å². The van der Waals surface area contributed by atoms with Crippen molar-refractivity contribution in [3.63, 3.8) is 0 Å². The lowest BCUT2D eigenvalue weighted by Gasteiger charge is -2.27. The summed E-state index contributed by atoms with van der Waals surface area (Å²) in [6, 6.07) is 8.34. The molecule has 0 saturated heterocycles. The van der Waals surface area contributed by atoms with E-state index in [1.807, 2.05) is 6.07 Å². The molecule has 4 heteroatoms. The van der Waals surface area contributed by atoms with Gasteiger partial charge in [0.05, 0.1) is 12.3 Å². The summed E-state index contributed by atoms with van der Waals surface area (Å²) in [6.45, 7) is 0. The molecule has 0 radical (unpaired) electrons. The number of hydrogen-bond donors (Lipinski definition) is 0. The highest BCUT2D eigenvalue weighted by molar-refractivity contribution is 5.82. The number of benzene rings is 1. The molecule has 1 heterocycles. The van der Waals surface area contributed by atoms with Crippen LogP contribution in [0.1, 0.15) is 54.4 Å². The summed E-state index contributed by atoms with van der Waals surface area (Å²) in [4.78, 5) is 16.6. The molecular weight excluding hydrogens is 264 g/mol. The van der Waals surface area contributed by atoms with E-state index in [9.17, 15) is 4.79 Å². The first-order valence-electron chi connectivity index (χ1n) is 7.74. The van der Waals surface area contributed by atoms with Crippen molar-refractivity contribution in [2.75, 3.05) is 0 Å². The number of fused-ring (bicyclic) bond motifs is 1. The molecule has 1 saturated carbocycles. The highest BCUT2D eigenvalue weighted by atomic mass is 16.5. The van der Waals surface area contributed by atoms with Crippen molar-refractivity contribution in [2.24, 2.45) is 5.92 Å². The molecule has 2 aliphatic rings. The molecule has 1 aromatic heterocycles. The minimum Gasteiger partial charge on any atom is -0.339 e. The number of Topliss-reactive ketones (excluding diaryl/α,β-unsaturated/α-hetero) is 1. The van der Waals surface area contributed by atoms with E-state index in [0.717, 1.165) is 25.1 Å². The first-order valence-corrected chi connectivity index (χ1v) is 7.74. The first kappa shape index (κ1) is 12.7. The number of nitrogens with zero attached hydrogens (tertiary/aromatic N) is 2. The van der Waals surface area contributed by atoms with Gasteiger partial charge in [-0.2, -0.15) is 4.98 Å². The van der Waals surface area contributed by atoms with E-state index in [1.165, 1.54) is 24.0 Å². The van der Waals surface area contributed by atoms with Gasteiger partial charge in [0.1, 0.15) is 5.78 Å². The number of carbonyl (C=O) groups is 1. The number of ketones is 1. The molecule has 2 aromatic rings. The van der Waals surface area contributed by atoms with Gasteiger partial charge in [-0.1, -0.05) is 42.3 Å². The van der Waals surface area contributed by atoms with Crippen molar-refractivity contribution in [1.82, 2.24) is 10.1 Å². The van der Waals surface area contributed by atoms with Gasteiger partial charge in [0.15, 0.2) is 5.82 Å². The molecule has 0 aliphatic heterocycles. The topological polar surface area (TPSA) is 56.0 Å². The predicted octanol–water partition coefficient (Wildman–Crippen LogP) is 3.06. The van der Waals surface area contributed by atoms with Crippen LogP contribution in [0.2, 0.25) is 0 Å². The third-order valence-electron chi connectivity index (χ3n) is 4.79. The first-order chi connectivity index (χ1) is 10.3. The molecule has 0 spiro atoms. The largest absolute Gasteiger partial charge is 0.339 e. The zero-order valence-electron chi connectivity index (χ0n) is 11.9. The van der Waals surface area contributed by atoms with Gasteiger partial charge in [0.2, 0.25) is 5.89 Å². The van der Waals surface area contributed by atoms with Gasteiger partial charge in [0, 0.05) is 5.92 Å². The van der Waals surface area contributed by atoms with Crippen LogP contribution in [0.4, 0.5) is 0 Å². The maximum atomic E-state index is 12.1. The summed E-state index contributed by atoms with van der Waals surface area (Å²) in [5.41, 5.74) is 2.64. The van der Waals surface area contributed by atoms with Gasteiger partial charge < -0.3 is 4.52 Å². The van der Waals surface area contributed by atoms with Crippen LogP contribution in [0, 0.1) is 5.92 Å². The van der Waals surface area contributed by atoms with Crippen LogP contribution in [0.5, 0.6) is 0 Å². The highest BCUT2D eigenvalue weighted by Gasteiger charge is 2.31. The molecule has 1 fully saturated rings. The van der Waals surface area contributed by atoms with E-state index in [4.69, 9.17) is 4.52 Å². The highest BCUT2D eigenvalue weighted by Crippen LogP contribution is 2.38. The van der Waals surface area contributed by atoms with Crippen molar-refractivity contribution in [2.45, 2.75) is 44.4 Å². The van der Waals surface area contributed by atoms with E-state index in [1.54, 1.807) is 0 Å². The summed E-state index contributed by atoms with van der Waals surface area (Å²) >= 11 is 0. The molecule has 4 rings (SSSR count). The average molecular weight is 282 g/mol. The Balaban J connectivity index is 1.46. The molecule has 1 unspecified atom stereocenters. The Labute approximate surface area is 123 Å². The standard InChI is InChI=1S/C17H18N2O2/c20-15(11-5-1-2-6-11)10-16-18-17(19-21-16)14-9-12-7-3-4-8-13(12)14/h3-4,7-8,11,14H,1-2,5-6,9-10H2. The molecule has 2 aliphatic carbocycles. The summed E-state index contributed by atoms with van der Waals surface area (Å²) in [5, 5.41) is 4.08. The van der Waals surface area contributed by atoms with Crippen LogP contribution in [0.3, 0.4) is 0 Å². The Morgan fingerprint density at radius 1 is 1.24 bits per heavy atom. The Morgan fingerprint density at radius 3 is 2.86 bits per heavy atom. The van der Waals surface area contributed by atoms with Crippen LogP contribution in [0.15, 0.2) is 28.8 Å². The maximum absolute atomic E-state index is 12.1. The Hall–Kier alpha value is -1.97. The molecule has 108 valence electrons. The van der Waals surface area contributed by atoms with E-state index < -0.39 is 0 Å². The second kappa shape index (κ2) is 5.10. The van der Waals surface area contributed by atoms with Crippen molar-refractivity contribution in [1.29, 1.82) is 0 Å². The van der Waals surface area contributed by atoms with Crippen LogP contribution < -0.4 is 0 Å². The van der Waals surface area contributed by atoms with Gasteiger partial charge >= 0.3 is 0 Å². The van der Waals surface area contributed by atoms with E-state index in [-0.39, 0.29) is 17.6 Å². The minimum absolute atomic E-state index is 0.213. The molecular formula is C17H18N2O2.